The van der Waals surface area contributed by atoms with Crippen LogP contribution in [-0.4, -0.2) is 40.3 Å². The average Bonchev–Trinajstić information content (AvgIpc) is 2.80. The second kappa shape index (κ2) is 11.2. The van der Waals surface area contributed by atoms with Crippen LogP contribution >= 0.6 is 0 Å². The molecule has 31 heavy (non-hydrogen) atoms. The SMILES string of the molecule is CCCCOC(=O)N1CCCCC1c1cc(O)c(NC(=O)OCc2ccccc2)cn1. The normalized spacial score (nSPS) is 15.9. The first-order chi connectivity index (χ1) is 15.1. The van der Waals surface area contributed by atoms with Gasteiger partial charge in [-0.1, -0.05) is 43.7 Å². The molecule has 1 aromatic heterocycles. The average molecular weight is 428 g/mol. The summed E-state index contributed by atoms with van der Waals surface area (Å²) in [6, 6.07) is 10.5. The van der Waals surface area contributed by atoms with E-state index in [2.05, 4.69) is 10.3 Å². The van der Waals surface area contributed by atoms with Gasteiger partial charge in [0.2, 0.25) is 0 Å². The van der Waals surface area contributed by atoms with E-state index in [4.69, 9.17) is 9.47 Å². The molecule has 1 unspecified atom stereocenters. The molecule has 1 aliphatic heterocycles. The summed E-state index contributed by atoms with van der Waals surface area (Å²) in [4.78, 5) is 30.6. The second-order valence-corrected chi connectivity index (χ2v) is 7.49. The van der Waals surface area contributed by atoms with E-state index in [1.54, 1.807) is 4.90 Å². The molecule has 0 saturated carbocycles. The lowest BCUT2D eigenvalue weighted by atomic mass is 9.99. The molecule has 0 spiro atoms. The van der Waals surface area contributed by atoms with Crippen molar-refractivity contribution in [3.05, 3.63) is 53.9 Å². The number of nitrogens with one attached hydrogen (secondary N) is 1. The Morgan fingerprint density at radius 2 is 2.03 bits per heavy atom. The molecule has 2 heterocycles. The van der Waals surface area contributed by atoms with Crippen LogP contribution in [0, 0.1) is 0 Å². The highest BCUT2D eigenvalue weighted by Gasteiger charge is 2.30. The Labute approximate surface area is 182 Å². The maximum absolute atomic E-state index is 12.5. The molecule has 1 fully saturated rings. The maximum Gasteiger partial charge on any atom is 0.412 e. The zero-order valence-electron chi connectivity index (χ0n) is 17.8. The third kappa shape index (κ3) is 6.34. The molecule has 2 N–H and O–H groups in total. The van der Waals surface area contributed by atoms with Gasteiger partial charge in [-0.3, -0.25) is 15.2 Å². The molecule has 166 valence electrons. The first-order valence-corrected chi connectivity index (χ1v) is 10.7. The number of anilines is 1. The molecule has 1 aromatic carbocycles. The van der Waals surface area contributed by atoms with Crippen molar-refractivity contribution in [3.8, 4) is 5.75 Å². The lowest BCUT2D eigenvalue weighted by molar-refractivity contribution is 0.0710. The van der Waals surface area contributed by atoms with Crippen molar-refractivity contribution < 1.29 is 24.2 Å². The Kier molecular flexibility index (Phi) is 8.09. The van der Waals surface area contributed by atoms with Crippen molar-refractivity contribution in [2.24, 2.45) is 0 Å². The quantitative estimate of drug-likeness (QED) is 0.603. The zero-order valence-corrected chi connectivity index (χ0v) is 17.8. The van der Waals surface area contributed by atoms with E-state index in [-0.39, 0.29) is 30.2 Å². The van der Waals surface area contributed by atoms with E-state index >= 15 is 0 Å². The number of benzene rings is 1. The number of hydrogen-bond donors (Lipinski definition) is 2. The van der Waals surface area contributed by atoms with Crippen LogP contribution in [-0.2, 0) is 16.1 Å². The van der Waals surface area contributed by atoms with Gasteiger partial charge < -0.3 is 14.6 Å². The second-order valence-electron chi connectivity index (χ2n) is 7.49. The standard InChI is InChI=1S/C23H29N3O5/c1-2-3-13-30-23(29)26-12-8-7-11-20(26)18-14-21(27)19(15-24-18)25-22(28)31-16-17-9-5-4-6-10-17/h4-6,9-10,14-15,20H,2-3,7-8,11-13,16H2,1H3,(H,24,27)(H,25,28). The van der Waals surface area contributed by atoms with Gasteiger partial charge in [0.05, 0.1) is 24.5 Å². The van der Waals surface area contributed by atoms with Gasteiger partial charge in [0.1, 0.15) is 18.0 Å². The third-order valence-electron chi connectivity index (χ3n) is 5.15. The van der Waals surface area contributed by atoms with E-state index in [0.29, 0.717) is 18.8 Å². The first-order valence-electron chi connectivity index (χ1n) is 10.7. The van der Waals surface area contributed by atoms with Crippen molar-refractivity contribution in [1.82, 2.24) is 9.88 Å². The lowest BCUT2D eigenvalue weighted by Crippen LogP contribution is -2.39. The predicted octanol–water partition coefficient (Wildman–Crippen LogP) is 5.00. The summed E-state index contributed by atoms with van der Waals surface area (Å²) in [6.45, 7) is 3.14. The van der Waals surface area contributed by atoms with Gasteiger partial charge >= 0.3 is 12.2 Å². The number of nitrogens with zero attached hydrogens (tertiary/aromatic N) is 2. The number of ether oxygens (including phenoxy) is 2. The number of rotatable bonds is 7. The van der Waals surface area contributed by atoms with Gasteiger partial charge in [-0.2, -0.15) is 0 Å². The number of pyridine rings is 1. The minimum atomic E-state index is -0.688. The number of carbonyl (C=O) groups is 2. The van der Waals surface area contributed by atoms with Gasteiger partial charge in [-0.25, -0.2) is 9.59 Å². The highest BCUT2D eigenvalue weighted by Crippen LogP contribution is 2.33. The number of hydrogen-bond acceptors (Lipinski definition) is 6. The van der Waals surface area contributed by atoms with Crippen molar-refractivity contribution in [1.29, 1.82) is 0 Å². The number of unbranched alkanes of at least 4 members (excludes halogenated alkanes) is 1. The summed E-state index contributed by atoms with van der Waals surface area (Å²) in [6.07, 6.45) is 4.71. The number of carbonyl (C=O) groups excluding carboxylic acids is 2. The Bertz CT molecular complexity index is 875. The molecular formula is C23H29N3O5. The summed E-state index contributed by atoms with van der Waals surface area (Å²) < 4.78 is 10.5. The molecule has 2 amide bonds. The van der Waals surface area contributed by atoms with Crippen molar-refractivity contribution in [3.63, 3.8) is 0 Å². The Hall–Kier alpha value is -3.29. The van der Waals surface area contributed by atoms with Gasteiger partial charge in [0, 0.05) is 12.6 Å². The largest absolute Gasteiger partial charge is 0.506 e. The Morgan fingerprint density at radius 1 is 1.23 bits per heavy atom. The topological polar surface area (TPSA) is 101 Å². The fourth-order valence-corrected chi connectivity index (χ4v) is 3.45. The highest BCUT2D eigenvalue weighted by molar-refractivity contribution is 5.86. The van der Waals surface area contributed by atoms with E-state index < -0.39 is 6.09 Å². The van der Waals surface area contributed by atoms with Gasteiger partial charge in [0.25, 0.3) is 0 Å². The number of likely N-dealkylation sites (tertiary alicyclic amines) is 1. The fraction of sp³-hybridized carbons (Fsp3) is 0.435. The van der Waals surface area contributed by atoms with E-state index in [1.807, 2.05) is 37.3 Å². The van der Waals surface area contributed by atoms with E-state index in [9.17, 15) is 14.7 Å². The van der Waals surface area contributed by atoms with Crippen LogP contribution in [0.1, 0.15) is 56.3 Å². The predicted molar refractivity (Wildman–Crippen MR) is 116 cm³/mol. The molecule has 1 aliphatic rings. The summed E-state index contributed by atoms with van der Waals surface area (Å²) in [5.41, 5.74) is 1.57. The van der Waals surface area contributed by atoms with Crippen LogP contribution in [0.3, 0.4) is 0 Å². The summed E-state index contributed by atoms with van der Waals surface area (Å²) in [5, 5.41) is 12.9. The molecule has 8 heteroatoms. The fourth-order valence-electron chi connectivity index (χ4n) is 3.45. The number of aromatic nitrogens is 1. The smallest absolute Gasteiger partial charge is 0.412 e. The summed E-state index contributed by atoms with van der Waals surface area (Å²) >= 11 is 0. The van der Waals surface area contributed by atoms with Crippen LogP contribution in [0.4, 0.5) is 15.3 Å². The van der Waals surface area contributed by atoms with E-state index in [0.717, 1.165) is 37.7 Å². The molecule has 0 bridgehead atoms. The molecule has 1 atom stereocenters. The van der Waals surface area contributed by atoms with Crippen molar-refractivity contribution >= 4 is 17.9 Å². The summed E-state index contributed by atoms with van der Waals surface area (Å²) in [7, 11) is 0. The van der Waals surface area contributed by atoms with Crippen LogP contribution in [0.2, 0.25) is 0 Å². The summed E-state index contributed by atoms with van der Waals surface area (Å²) in [5.74, 6) is -0.133. The number of piperidine rings is 1. The van der Waals surface area contributed by atoms with E-state index in [1.165, 1.54) is 12.3 Å². The van der Waals surface area contributed by atoms with Crippen LogP contribution < -0.4 is 5.32 Å². The Balaban J connectivity index is 1.61. The molecule has 3 rings (SSSR count). The molecule has 2 aromatic rings. The van der Waals surface area contributed by atoms with Crippen molar-refractivity contribution in [2.45, 2.75) is 51.7 Å². The first kappa shape index (κ1) is 22.4. The van der Waals surface area contributed by atoms with Gasteiger partial charge in [0.15, 0.2) is 0 Å². The van der Waals surface area contributed by atoms with Crippen LogP contribution in [0.5, 0.6) is 5.75 Å². The monoisotopic (exact) mass is 427 g/mol. The third-order valence-corrected chi connectivity index (χ3v) is 5.15. The zero-order chi connectivity index (χ0) is 22.1. The molecule has 8 nitrogen and oxygen atoms in total. The molecular weight excluding hydrogens is 398 g/mol. The molecule has 0 aliphatic carbocycles. The van der Waals surface area contributed by atoms with Gasteiger partial charge in [-0.05, 0) is 31.2 Å². The highest BCUT2D eigenvalue weighted by atomic mass is 16.6. The maximum atomic E-state index is 12.5. The minimum absolute atomic E-state index is 0.121. The Morgan fingerprint density at radius 3 is 2.77 bits per heavy atom. The number of aromatic hydroxyl groups is 1. The molecule has 0 radical (unpaired) electrons. The number of amides is 2. The van der Waals surface area contributed by atoms with Crippen molar-refractivity contribution in [2.75, 3.05) is 18.5 Å². The molecule has 1 saturated heterocycles. The lowest BCUT2D eigenvalue weighted by Gasteiger charge is -2.34. The van der Waals surface area contributed by atoms with Gasteiger partial charge in [-0.15, -0.1) is 0 Å². The minimum Gasteiger partial charge on any atom is -0.506 e. The van der Waals surface area contributed by atoms with Crippen LogP contribution in [0.15, 0.2) is 42.6 Å². The van der Waals surface area contributed by atoms with Crippen LogP contribution in [0.25, 0.3) is 0 Å².